The van der Waals surface area contributed by atoms with Crippen LogP contribution in [0.5, 0.6) is 0 Å². The maximum atomic E-state index is 4.92. The van der Waals surface area contributed by atoms with Crippen LogP contribution in [0, 0.1) is 0 Å². The first-order chi connectivity index (χ1) is 20.8. The SMILES string of the molecule is c1ccc(-n2nc(-c3ccc(-c4ccc5c(c4)c4ccccc4n5-c4ccccc4)cc3)nc2-c2ccccn2)cc1. The molecular formula is C37H25N5. The lowest BCUT2D eigenvalue weighted by Gasteiger charge is -2.08. The summed E-state index contributed by atoms with van der Waals surface area (Å²) in [6, 6.07) is 50.3. The molecule has 8 aromatic rings. The molecule has 0 atom stereocenters. The second-order valence-electron chi connectivity index (χ2n) is 10.2. The number of benzene rings is 5. The highest BCUT2D eigenvalue weighted by Gasteiger charge is 2.17. The maximum Gasteiger partial charge on any atom is 0.182 e. The van der Waals surface area contributed by atoms with Gasteiger partial charge >= 0.3 is 0 Å². The Balaban J connectivity index is 1.20. The molecule has 0 aliphatic heterocycles. The lowest BCUT2D eigenvalue weighted by atomic mass is 10.0. The van der Waals surface area contributed by atoms with Crippen molar-refractivity contribution in [3.63, 3.8) is 0 Å². The number of fused-ring (bicyclic) bond motifs is 3. The fourth-order valence-electron chi connectivity index (χ4n) is 5.66. The highest BCUT2D eigenvalue weighted by Crippen LogP contribution is 2.35. The molecule has 198 valence electrons. The van der Waals surface area contributed by atoms with Crippen molar-refractivity contribution in [2.75, 3.05) is 0 Å². The van der Waals surface area contributed by atoms with E-state index in [4.69, 9.17) is 10.1 Å². The van der Waals surface area contributed by atoms with Crippen LogP contribution in [0.3, 0.4) is 0 Å². The largest absolute Gasteiger partial charge is 0.309 e. The maximum absolute atomic E-state index is 4.92. The van der Waals surface area contributed by atoms with Gasteiger partial charge in [0.2, 0.25) is 0 Å². The van der Waals surface area contributed by atoms with E-state index >= 15 is 0 Å². The van der Waals surface area contributed by atoms with Crippen LogP contribution in [0.15, 0.2) is 152 Å². The summed E-state index contributed by atoms with van der Waals surface area (Å²) < 4.78 is 4.20. The van der Waals surface area contributed by atoms with Gasteiger partial charge in [-0.25, -0.2) is 9.67 Å². The fraction of sp³-hybridized carbons (Fsp3) is 0. The van der Waals surface area contributed by atoms with E-state index in [2.05, 4.69) is 107 Å². The average molecular weight is 540 g/mol. The summed E-state index contributed by atoms with van der Waals surface area (Å²) in [6.07, 6.45) is 1.78. The van der Waals surface area contributed by atoms with Crippen LogP contribution in [0.2, 0.25) is 0 Å². The summed E-state index contributed by atoms with van der Waals surface area (Å²) in [5.74, 6) is 1.37. The monoisotopic (exact) mass is 539 g/mol. The van der Waals surface area contributed by atoms with Crippen molar-refractivity contribution in [1.82, 2.24) is 24.3 Å². The molecule has 5 nitrogen and oxygen atoms in total. The van der Waals surface area contributed by atoms with Crippen LogP contribution in [0.25, 0.3) is 67.2 Å². The molecular weight excluding hydrogens is 514 g/mol. The molecule has 0 saturated heterocycles. The Kier molecular flexibility index (Phi) is 5.71. The molecule has 0 spiro atoms. The van der Waals surface area contributed by atoms with Gasteiger partial charge in [-0.15, -0.1) is 5.10 Å². The summed E-state index contributed by atoms with van der Waals surface area (Å²) in [5, 5.41) is 7.38. The van der Waals surface area contributed by atoms with Gasteiger partial charge in [0.15, 0.2) is 11.6 Å². The molecule has 0 radical (unpaired) electrons. The molecule has 0 N–H and O–H groups in total. The van der Waals surface area contributed by atoms with Gasteiger partial charge in [-0.2, -0.15) is 0 Å². The number of hydrogen-bond acceptors (Lipinski definition) is 3. The van der Waals surface area contributed by atoms with Gasteiger partial charge in [-0.3, -0.25) is 4.98 Å². The molecule has 3 heterocycles. The number of rotatable bonds is 5. The highest BCUT2D eigenvalue weighted by atomic mass is 15.4. The molecule has 42 heavy (non-hydrogen) atoms. The zero-order chi connectivity index (χ0) is 27.9. The summed E-state index contributed by atoms with van der Waals surface area (Å²) in [5.41, 5.74) is 8.54. The van der Waals surface area contributed by atoms with Crippen LogP contribution in [0.4, 0.5) is 0 Å². The average Bonchev–Trinajstić information content (AvgIpc) is 3.66. The summed E-state index contributed by atoms with van der Waals surface area (Å²) in [6.45, 7) is 0. The third-order valence-corrected chi connectivity index (χ3v) is 7.67. The molecule has 5 aromatic carbocycles. The first kappa shape index (κ1) is 24.0. The standard InChI is InChI=1S/C37H25N5/c1-3-11-29(12-4-1)41-34-17-8-7-15-31(34)32-25-28(22-23-35(32)41)26-18-20-27(21-19-26)36-39-37(33-16-9-10-24-38-33)42(40-36)30-13-5-2-6-14-30/h1-25H. The minimum Gasteiger partial charge on any atom is -0.309 e. The first-order valence-corrected chi connectivity index (χ1v) is 14.0. The quantitative estimate of drug-likeness (QED) is 0.220. The molecule has 5 heteroatoms. The Morgan fingerprint density at radius 3 is 1.88 bits per heavy atom. The van der Waals surface area contributed by atoms with Crippen molar-refractivity contribution >= 4 is 21.8 Å². The van der Waals surface area contributed by atoms with Crippen LogP contribution in [-0.2, 0) is 0 Å². The number of para-hydroxylation sites is 3. The van der Waals surface area contributed by atoms with Crippen LogP contribution < -0.4 is 0 Å². The molecule has 8 rings (SSSR count). The van der Waals surface area contributed by atoms with E-state index in [1.807, 2.05) is 53.2 Å². The van der Waals surface area contributed by atoms with Crippen molar-refractivity contribution in [2.45, 2.75) is 0 Å². The van der Waals surface area contributed by atoms with Crippen molar-refractivity contribution in [2.24, 2.45) is 0 Å². The molecule has 0 amide bonds. The Labute approximate surface area is 243 Å². The summed E-state index contributed by atoms with van der Waals surface area (Å²) in [4.78, 5) is 9.46. The van der Waals surface area contributed by atoms with E-state index in [0.29, 0.717) is 11.6 Å². The van der Waals surface area contributed by atoms with E-state index in [1.165, 1.54) is 27.4 Å². The zero-order valence-electron chi connectivity index (χ0n) is 22.7. The smallest absolute Gasteiger partial charge is 0.182 e. The Morgan fingerprint density at radius 1 is 0.476 bits per heavy atom. The highest BCUT2D eigenvalue weighted by molar-refractivity contribution is 6.10. The third-order valence-electron chi connectivity index (χ3n) is 7.67. The molecule has 0 aliphatic carbocycles. The van der Waals surface area contributed by atoms with E-state index in [-0.39, 0.29) is 0 Å². The van der Waals surface area contributed by atoms with E-state index < -0.39 is 0 Å². The molecule has 0 unspecified atom stereocenters. The molecule has 0 fully saturated rings. The summed E-state index contributed by atoms with van der Waals surface area (Å²) >= 11 is 0. The number of hydrogen-bond donors (Lipinski definition) is 0. The lowest BCUT2D eigenvalue weighted by Crippen LogP contribution is -2.00. The molecule has 3 aromatic heterocycles. The first-order valence-electron chi connectivity index (χ1n) is 14.0. The van der Waals surface area contributed by atoms with E-state index in [0.717, 1.165) is 28.2 Å². The van der Waals surface area contributed by atoms with Gasteiger partial charge in [0.25, 0.3) is 0 Å². The molecule has 0 saturated carbocycles. The Morgan fingerprint density at radius 2 is 1.12 bits per heavy atom. The summed E-state index contributed by atoms with van der Waals surface area (Å²) in [7, 11) is 0. The fourth-order valence-corrected chi connectivity index (χ4v) is 5.66. The Bertz CT molecular complexity index is 2100. The number of pyridine rings is 1. The van der Waals surface area contributed by atoms with Crippen molar-refractivity contribution in [1.29, 1.82) is 0 Å². The second kappa shape index (κ2) is 9.98. The van der Waals surface area contributed by atoms with Gasteiger partial charge in [0.1, 0.15) is 5.69 Å². The number of aromatic nitrogens is 5. The normalized spacial score (nSPS) is 11.3. The Hall–Kier alpha value is -5.81. The van der Waals surface area contributed by atoms with E-state index in [1.54, 1.807) is 6.20 Å². The van der Waals surface area contributed by atoms with Gasteiger partial charge in [-0.1, -0.05) is 91.0 Å². The van der Waals surface area contributed by atoms with Crippen LogP contribution in [0.1, 0.15) is 0 Å². The molecule has 0 bridgehead atoms. The predicted octanol–water partition coefficient (Wildman–Crippen LogP) is 8.76. The molecule has 0 aliphatic rings. The second-order valence-corrected chi connectivity index (χ2v) is 10.2. The number of nitrogens with zero attached hydrogens (tertiary/aromatic N) is 5. The zero-order valence-corrected chi connectivity index (χ0v) is 22.7. The van der Waals surface area contributed by atoms with Crippen LogP contribution in [-0.4, -0.2) is 24.3 Å². The van der Waals surface area contributed by atoms with Gasteiger partial charge in [0.05, 0.1) is 16.7 Å². The van der Waals surface area contributed by atoms with Crippen molar-refractivity contribution in [3.05, 3.63) is 152 Å². The van der Waals surface area contributed by atoms with Crippen LogP contribution >= 0.6 is 0 Å². The van der Waals surface area contributed by atoms with Crippen molar-refractivity contribution in [3.8, 4) is 45.4 Å². The predicted molar refractivity (Wildman–Crippen MR) is 170 cm³/mol. The minimum atomic E-state index is 0.660. The van der Waals surface area contributed by atoms with Gasteiger partial charge in [-0.05, 0) is 65.7 Å². The van der Waals surface area contributed by atoms with Crippen molar-refractivity contribution < 1.29 is 0 Å². The van der Waals surface area contributed by atoms with Gasteiger partial charge in [0, 0.05) is 28.2 Å². The lowest BCUT2D eigenvalue weighted by molar-refractivity contribution is 0.886. The van der Waals surface area contributed by atoms with Gasteiger partial charge < -0.3 is 4.57 Å². The van der Waals surface area contributed by atoms with E-state index in [9.17, 15) is 0 Å². The third kappa shape index (κ3) is 4.07. The minimum absolute atomic E-state index is 0.660. The topological polar surface area (TPSA) is 48.5 Å².